The first kappa shape index (κ1) is 28.7. The molecule has 0 unspecified atom stereocenters. The number of hydrogen-bond acceptors (Lipinski definition) is 0. The van der Waals surface area contributed by atoms with Crippen LogP contribution in [0.5, 0.6) is 0 Å². The van der Waals surface area contributed by atoms with E-state index in [4.69, 9.17) is 0 Å². The first-order valence-corrected chi connectivity index (χ1v) is 9.38. The minimum atomic E-state index is 0. The fraction of sp³-hybridized carbons (Fsp3) is 0.231. The molecule has 0 radical (unpaired) electrons. The molecular formula is C26H30Cr2. The molecule has 0 spiro atoms. The second-order valence-electron chi connectivity index (χ2n) is 5.68. The Morgan fingerprint density at radius 3 is 1.14 bits per heavy atom. The fourth-order valence-electron chi connectivity index (χ4n) is 2.11. The minimum absolute atomic E-state index is 0. The van der Waals surface area contributed by atoms with Crippen molar-refractivity contribution in [1.82, 2.24) is 0 Å². The minimum Gasteiger partial charge on any atom is -0.273 e. The van der Waals surface area contributed by atoms with Crippen molar-refractivity contribution >= 4 is 0 Å². The summed E-state index contributed by atoms with van der Waals surface area (Å²) >= 11 is 0. The van der Waals surface area contributed by atoms with E-state index in [2.05, 4.69) is 86.7 Å². The predicted molar refractivity (Wildman–Crippen MR) is 115 cm³/mol. The van der Waals surface area contributed by atoms with Gasteiger partial charge in [-0.25, -0.2) is 24.3 Å². The van der Waals surface area contributed by atoms with Gasteiger partial charge in [-0.1, -0.05) is 74.5 Å². The monoisotopic (exact) mass is 446 g/mol. The van der Waals surface area contributed by atoms with Crippen LogP contribution in [-0.2, 0) is 47.6 Å². The summed E-state index contributed by atoms with van der Waals surface area (Å²) in [5, 5.41) is 0. The van der Waals surface area contributed by atoms with Crippen LogP contribution in [0.2, 0.25) is 0 Å². The summed E-state index contributed by atoms with van der Waals surface area (Å²) in [7, 11) is 0. The molecule has 2 aromatic carbocycles. The third kappa shape index (κ3) is 16.6. The van der Waals surface area contributed by atoms with Crippen molar-refractivity contribution in [2.45, 2.75) is 39.5 Å². The van der Waals surface area contributed by atoms with Crippen molar-refractivity contribution in [3.8, 4) is 0 Å². The van der Waals surface area contributed by atoms with Gasteiger partial charge < -0.3 is 0 Å². The third-order valence-corrected chi connectivity index (χ3v) is 3.67. The molecule has 0 saturated heterocycles. The van der Waals surface area contributed by atoms with E-state index in [9.17, 15) is 0 Å². The zero-order valence-corrected chi connectivity index (χ0v) is 19.4. The van der Waals surface area contributed by atoms with E-state index in [1.54, 1.807) is 0 Å². The Labute approximate surface area is 194 Å². The van der Waals surface area contributed by atoms with E-state index < -0.39 is 0 Å². The van der Waals surface area contributed by atoms with Crippen LogP contribution >= 0.6 is 0 Å². The Bertz CT molecular complexity index is 587. The number of allylic oxidation sites excluding steroid dienone is 8. The van der Waals surface area contributed by atoms with E-state index >= 15 is 0 Å². The maximum Gasteiger partial charge on any atom is 2.00 e. The van der Waals surface area contributed by atoms with Crippen molar-refractivity contribution in [2.24, 2.45) is 0 Å². The quantitative estimate of drug-likeness (QED) is 0.432. The van der Waals surface area contributed by atoms with E-state index in [0.29, 0.717) is 0 Å². The summed E-state index contributed by atoms with van der Waals surface area (Å²) in [6.07, 6.45) is 22.3. The first-order chi connectivity index (χ1) is 12.9. The normalized spacial score (nSPS) is 11.5. The molecule has 0 aliphatic heterocycles. The molecule has 0 aromatic heterocycles. The maximum absolute atomic E-state index is 2.99. The van der Waals surface area contributed by atoms with E-state index in [1.165, 1.54) is 11.1 Å². The van der Waals surface area contributed by atoms with Crippen LogP contribution in [0.1, 0.15) is 37.8 Å². The van der Waals surface area contributed by atoms with Gasteiger partial charge >= 0.3 is 17.4 Å². The van der Waals surface area contributed by atoms with Crippen LogP contribution < -0.4 is 0 Å². The van der Waals surface area contributed by atoms with Gasteiger partial charge in [-0.2, -0.15) is 12.2 Å². The molecule has 28 heavy (non-hydrogen) atoms. The molecule has 0 amide bonds. The number of benzene rings is 2. The van der Waals surface area contributed by atoms with Gasteiger partial charge in [0.1, 0.15) is 0 Å². The number of hydrogen-bond donors (Lipinski definition) is 0. The molecule has 146 valence electrons. The van der Waals surface area contributed by atoms with Crippen LogP contribution in [0.25, 0.3) is 0 Å². The molecule has 2 aliphatic rings. The first-order valence-electron chi connectivity index (χ1n) is 9.38. The van der Waals surface area contributed by atoms with Crippen molar-refractivity contribution in [2.75, 3.05) is 0 Å². The predicted octanol–water partition coefficient (Wildman–Crippen LogP) is 7.10. The molecule has 0 bridgehead atoms. The summed E-state index contributed by atoms with van der Waals surface area (Å²) < 4.78 is 0. The standard InChI is InChI=1S/2C8H10.2C5H5.2Cr/c2*1-2-8-6-4-3-5-7-8;2*1-2-4-5-3-1;;/h2*3-7H,2H2,1H3;2*1-3H,4H2;;/q;;2*-1;;+2. The molecule has 0 heterocycles. The zero-order valence-electron chi connectivity index (χ0n) is 16.9. The van der Waals surface area contributed by atoms with Crippen LogP contribution in [0.15, 0.2) is 97.1 Å². The second-order valence-corrected chi connectivity index (χ2v) is 5.68. The van der Waals surface area contributed by atoms with Gasteiger partial charge in [0.25, 0.3) is 0 Å². The van der Waals surface area contributed by atoms with Gasteiger partial charge in [-0.3, -0.25) is 12.2 Å². The Kier molecular flexibility index (Phi) is 22.3. The van der Waals surface area contributed by atoms with Crippen molar-refractivity contribution in [3.05, 3.63) is 120 Å². The largest absolute Gasteiger partial charge is 2.00 e. The van der Waals surface area contributed by atoms with Gasteiger partial charge in [-0.05, 0) is 24.0 Å². The molecule has 4 rings (SSSR count). The maximum atomic E-state index is 2.99. The summed E-state index contributed by atoms with van der Waals surface area (Å²) in [4.78, 5) is 0. The van der Waals surface area contributed by atoms with Gasteiger partial charge in [0, 0.05) is 17.4 Å². The fourth-order valence-corrected chi connectivity index (χ4v) is 2.11. The van der Waals surface area contributed by atoms with E-state index in [-0.39, 0.29) is 34.7 Å². The average molecular weight is 447 g/mol. The third-order valence-electron chi connectivity index (χ3n) is 3.67. The summed E-state index contributed by atoms with van der Waals surface area (Å²) in [5.74, 6) is 0. The van der Waals surface area contributed by atoms with Gasteiger partial charge in [0.15, 0.2) is 0 Å². The topological polar surface area (TPSA) is 0 Å². The van der Waals surface area contributed by atoms with Crippen LogP contribution in [0.4, 0.5) is 0 Å². The summed E-state index contributed by atoms with van der Waals surface area (Å²) in [5.41, 5.74) is 2.82. The molecule has 0 atom stereocenters. The smallest absolute Gasteiger partial charge is 0.273 e. The molecule has 2 heteroatoms. The van der Waals surface area contributed by atoms with Crippen molar-refractivity contribution in [1.29, 1.82) is 0 Å². The molecular weight excluding hydrogens is 416 g/mol. The Morgan fingerprint density at radius 1 is 0.643 bits per heavy atom. The van der Waals surface area contributed by atoms with Gasteiger partial charge in [-0.15, -0.1) is 12.8 Å². The van der Waals surface area contributed by atoms with Gasteiger partial charge in [0.05, 0.1) is 0 Å². The molecule has 0 nitrogen and oxygen atoms in total. The molecule has 2 aliphatic carbocycles. The van der Waals surface area contributed by atoms with Gasteiger partial charge in [0.2, 0.25) is 0 Å². The van der Waals surface area contributed by atoms with Crippen LogP contribution in [-0.4, -0.2) is 0 Å². The van der Waals surface area contributed by atoms with Crippen LogP contribution in [0, 0.1) is 12.2 Å². The Morgan fingerprint density at radius 2 is 1.00 bits per heavy atom. The molecule has 0 fully saturated rings. The summed E-state index contributed by atoms with van der Waals surface area (Å²) in [6.45, 7) is 4.32. The summed E-state index contributed by atoms with van der Waals surface area (Å²) in [6, 6.07) is 20.9. The Balaban J connectivity index is 0. The number of aryl methyl sites for hydroxylation is 2. The van der Waals surface area contributed by atoms with E-state index in [1.807, 2.05) is 36.4 Å². The SMILES string of the molecule is CCc1ccccc1.CCc1ccccc1.[C-]1=CC=CC1.[C-]1=CC=CC1.[Cr+2].[Cr]. The van der Waals surface area contributed by atoms with Crippen molar-refractivity contribution < 1.29 is 34.7 Å². The van der Waals surface area contributed by atoms with Crippen molar-refractivity contribution in [3.63, 3.8) is 0 Å². The van der Waals surface area contributed by atoms with Crippen LogP contribution in [0.3, 0.4) is 0 Å². The molecule has 2 aromatic rings. The molecule has 0 N–H and O–H groups in total. The molecule has 0 saturated carbocycles. The number of rotatable bonds is 2. The Hall–Kier alpha value is -1.54. The zero-order chi connectivity index (χ0) is 18.7. The second kappa shape index (κ2) is 21.8. The van der Waals surface area contributed by atoms with E-state index in [0.717, 1.165) is 25.7 Å². The average Bonchev–Trinajstić information content (AvgIpc) is 3.48.